The van der Waals surface area contributed by atoms with Crippen molar-refractivity contribution in [2.45, 2.75) is 6.42 Å². The topological polar surface area (TPSA) is 59.6 Å². The van der Waals surface area contributed by atoms with Crippen molar-refractivity contribution in [3.8, 4) is 5.75 Å². The third kappa shape index (κ3) is 2.18. The van der Waals surface area contributed by atoms with Gasteiger partial charge < -0.3 is 20.1 Å². The Bertz CT molecular complexity index is 477. The molecule has 6 heteroatoms. The summed E-state index contributed by atoms with van der Waals surface area (Å²) in [5.74, 6) is 0.0348. The first-order chi connectivity index (χ1) is 8.69. The summed E-state index contributed by atoms with van der Waals surface area (Å²) in [7, 11) is 3.10. The van der Waals surface area contributed by atoms with E-state index in [-0.39, 0.29) is 0 Å². The van der Waals surface area contributed by atoms with Crippen LogP contribution in [0, 0.1) is 0 Å². The van der Waals surface area contributed by atoms with Crippen molar-refractivity contribution in [2.75, 3.05) is 37.9 Å². The summed E-state index contributed by atoms with van der Waals surface area (Å²) >= 11 is 6.15. The molecule has 0 saturated heterocycles. The molecule has 0 radical (unpaired) electrons. The second kappa shape index (κ2) is 5.35. The molecule has 1 aromatic rings. The number of nitrogens with one attached hydrogen (secondary N) is 2. The normalized spacial score (nSPS) is 13.7. The van der Waals surface area contributed by atoms with E-state index in [1.165, 1.54) is 7.11 Å². The Labute approximate surface area is 110 Å². The average molecular weight is 271 g/mol. The molecule has 0 saturated carbocycles. The molecule has 1 heterocycles. The molecule has 0 aliphatic carbocycles. The van der Waals surface area contributed by atoms with Gasteiger partial charge >= 0.3 is 5.97 Å². The lowest BCUT2D eigenvalue weighted by atomic mass is 10.1. The molecular weight excluding hydrogens is 256 g/mol. The number of carbonyl (C=O) groups excluding carboxylic acids is 1. The summed E-state index contributed by atoms with van der Waals surface area (Å²) in [6, 6.07) is 1.56. The van der Waals surface area contributed by atoms with Gasteiger partial charge in [0, 0.05) is 13.6 Å². The zero-order valence-corrected chi connectivity index (χ0v) is 11.1. The lowest BCUT2D eigenvalue weighted by molar-refractivity contribution is 0.0596. The van der Waals surface area contributed by atoms with E-state index in [2.05, 4.69) is 10.6 Å². The number of rotatable bonds is 2. The quantitative estimate of drug-likeness (QED) is 0.808. The van der Waals surface area contributed by atoms with Crippen LogP contribution in [0.3, 0.4) is 0 Å². The lowest BCUT2D eigenvalue weighted by Gasteiger charge is -2.17. The maximum atomic E-state index is 11.7. The Morgan fingerprint density at radius 3 is 3.06 bits per heavy atom. The molecule has 2 N–H and O–H groups in total. The Kier molecular flexibility index (Phi) is 3.81. The number of ether oxygens (including phenoxy) is 2. The standard InChI is InChI=1S/C12H15ClN2O3/c1-14-9-8(13)6-7(12(16)17-2)11-10(9)15-4-3-5-18-11/h6,14-15H,3-5H2,1-2H3. The van der Waals surface area contributed by atoms with Crippen molar-refractivity contribution in [3.63, 3.8) is 0 Å². The molecule has 0 bridgehead atoms. The summed E-state index contributed by atoms with van der Waals surface area (Å²) in [5, 5.41) is 6.69. The van der Waals surface area contributed by atoms with E-state index < -0.39 is 5.97 Å². The molecule has 0 unspecified atom stereocenters. The number of hydrogen-bond acceptors (Lipinski definition) is 5. The van der Waals surface area contributed by atoms with Gasteiger partial charge in [-0.1, -0.05) is 11.6 Å². The van der Waals surface area contributed by atoms with Gasteiger partial charge in [-0.05, 0) is 12.5 Å². The van der Waals surface area contributed by atoms with Gasteiger partial charge in [0.15, 0.2) is 5.75 Å². The minimum Gasteiger partial charge on any atom is -0.490 e. The van der Waals surface area contributed by atoms with Crippen molar-refractivity contribution in [3.05, 3.63) is 16.7 Å². The van der Waals surface area contributed by atoms with E-state index in [4.69, 9.17) is 21.1 Å². The highest BCUT2D eigenvalue weighted by Crippen LogP contribution is 2.42. The minimum atomic E-state index is -0.459. The molecule has 0 fully saturated rings. The highest BCUT2D eigenvalue weighted by Gasteiger charge is 2.24. The fraction of sp³-hybridized carbons (Fsp3) is 0.417. The van der Waals surface area contributed by atoms with Gasteiger partial charge in [-0.25, -0.2) is 4.79 Å². The van der Waals surface area contributed by atoms with E-state index in [0.717, 1.165) is 18.7 Å². The minimum absolute atomic E-state index is 0.339. The van der Waals surface area contributed by atoms with Crippen LogP contribution in [0.2, 0.25) is 5.02 Å². The molecule has 98 valence electrons. The largest absolute Gasteiger partial charge is 0.490 e. The van der Waals surface area contributed by atoms with Crippen molar-refractivity contribution < 1.29 is 14.3 Å². The van der Waals surface area contributed by atoms with Crippen LogP contribution in [0.4, 0.5) is 11.4 Å². The summed E-state index contributed by atoms with van der Waals surface area (Å²) in [4.78, 5) is 11.7. The fourth-order valence-electron chi connectivity index (χ4n) is 1.92. The number of carbonyl (C=O) groups is 1. The van der Waals surface area contributed by atoms with Crippen LogP contribution in [0.25, 0.3) is 0 Å². The number of esters is 1. The van der Waals surface area contributed by atoms with Crippen LogP contribution in [-0.2, 0) is 4.74 Å². The molecule has 1 aliphatic heterocycles. The van der Waals surface area contributed by atoms with Crippen LogP contribution in [0.1, 0.15) is 16.8 Å². The van der Waals surface area contributed by atoms with Crippen molar-refractivity contribution >= 4 is 28.9 Å². The second-order valence-corrected chi connectivity index (χ2v) is 4.26. The first-order valence-corrected chi connectivity index (χ1v) is 6.06. The summed E-state index contributed by atoms with van der Waals surface area (Å²) in [5.41, 5.74) is 1.77. The van der Waals surface area contributed by atoms with E-state index in [0.29, 0.717) is 28.6 Å². The monoisotopic (exact) mass is 270 g/mol. The molecule has 2 rings (SSSR count). The predicted octanol–water partition coefficient (Wildman–Crippen LogP) is 2.36. The molecule has 18 heavy (non-hydrogen) atoms. The van der Waals surface area contributed by atoms with Crippen LogP contribution >= 0.6 is 11.6 Å². The highest BCUT2D eigenvalue weighted by molar-refractivity contribution is 6.34. The van der Waals surface area contributed by atoms with Crippen LogP contribution in [0.5, 0.6) is 5.75 Å². The fourth-order valence-corrected chi connectivity index (χ4v) is 2.21. The highest BCUT2D eigenvalue weighted by atomic mass is 35.5. The van der Waals surface area contributed by atoms with Gasteiger partial charge in [-0.15, -0.1) is 0 Å². The Morgan fingerprint density at radius 1 is 1.61 bits per heavy atom. The van der Waals surface area contributed by atoms with E-state index in [9.17, 15) is 4.79 Å². The van der Waals surface area contributed by atoms with Crippen molar-refractivity contribution in [2.24, 2.45) is 0 Å². The van der Waals surface area contributed by atoms with Gasteiger partial charge in [-0.2, -0.15) is 0 Å². The van der Waals surface area contributed by atoms with Crippen molar-refractivity contribution in [1.82, 2.24) is 0 Å². The van der Waals surface area contributed by atoms with Gasteiger partial charge in [-0.3, -0.25) is 0 Å². The first-order valence-electron chi connectivity index (χ1n) is 5.68. The van der Waals surface area contributed by atoms with Crippen LogP contribution in [0.15, 0.2) is 6.07 Å². The number of hydrogen-bond donors (Lipinski definition) is 2. The summed E-state index contributed by atoms with van der Waals surface area (Å²) in [6.45, 7) is 1.32. The molecular formula is C12H15ClN2O3. The Morgan fingerprint density at radius 2 is 2.39 bits per heavy atom. The Balaban J connectivity index is 2.62. The SMILES string of the molecule is CNc1c(Cl)cc(C(=O)OC)c2c1NCCCO2. The zero-order chi connectivity index (χ0) is 13.1. The van der Waals surface area contributed by atoms with Crippen molar-refractivity contribution in [1.29, 1.82) is 0 Å². The van der Waals surface area contributed by atoms with Gasteiger partial charge in [0.25, 0.3) is 0 Å². The molecule has 0 amide bonds. The molecule has 0 aromatic heterocycles. The molecule has 0 spiro atoms. The number of halogens is 1. The van der Waals surface area contributed by atoms with E-state index in [1.54, 1.807) is 13.1 Å². The number of anilines is 2. The smallest absolute Gasteiger partial charge is 0.341 e. The van der Waals surface area contributed by atoms with Gasteiger partial charge in [0.2, 0.25) is 0 Å². The molecule has 0 atom stereocenters. The molecule has 1 aliphatic rings. The lowest BCUT2D eigenvalue weighted by Crippen LogP contribution is -2.08. The third-order valence-electron chi connectivity index (χ3n) is 2.76. The van der Waals surface area contributed by atoms with Crippen LogP contribution < -0.4 is 15.4 Å². The maximum Gasteiger partial charge on any atom is 0.341 e. The number of fused-ring (bicyclic) bond motifs is 1. The Hall–Kier alpha value is -1.62. The first kappa shape index (κ1) is 12.8. The zero-order valence-electron chi connectivity index (χ0n) is 10.3. The molecule has 1 aromatic carbocycles. The number of methoxy groups -OCH3 is 1. The molecule has 5 nitrogen and oxygen atoms in total. The van der Waals surface area contributed by atoms with E-state index >= 15 is 0 Å². The van der Waals surface area contributed by atoms with E-state index in [1.807, 2.05) is 0 Å². The summed E-state index contributed by atoms with van der Waals surface area (Å²) < 4.78 is 10.4. The third-order valence-corrected chi connectivity index (χ3v) is 3.05. The average Bonchev–Trinajstić information content (AvgIpc) is 2.62. The maximum absolute atomic E-state index is 11.7. The summed E-state index contributed by atoms with van der Waals surface area (Å²) in [6.07, 6.45) is 0.857. The van der Waals surface area contributed by atoms with Gasteiger partial charge in [0.05, 0.1) is 24.4 Å². The van der Waals surface area contributed by atoms with Crippen LogP contribution in [-0.4, -0.2) is 33.3 Å². The van der Waals surface area contributed by atoms with Gasteiger partial charge in [0.1, 0.15) is 11.3 Å². The predicted molar refractivity (Wildman–Crippen MR) is 70.9 cm³/mol. The number of benzene rings is 1. The second-order valence-electron chi connectivity index (χ2n) is 3.86.